The number of halogens is 1. The monoisotopic (exact) mass is 440 g/mol. The molecule has 2 aromatic heterocycles. The molecule has 0 atom stereocenters. The summed E-state index contributed by atoms with van der Waals surface area (Å²) in [5.74, 6) is 1.53. The van der Waals surface area contributed by atoms with Crippen molar-refractivity contribution >= 4 is 29.1 Å². The topological polar surface area (TPSA) is 77.2 Å². The van der Waals surface area contributed by atoms with Crippen molar-refractivity contribution in [3.8, 4) is 6.07 Å². The van der Waals surface area contributed by atoms with Crippen LogP contribution in [-0.4, -0.2) is 53.1 Å². The maximum absolute atomic E-state index is 12.9. The van der Waals surface area contributed by atoms with Crippen molar-refractivity contribution in [3.63, 3.8) is 0 Å². The van der Waals surface area contributed by atoms with Gasteiger partial charge in [0.25, 0.3) is 0 Å². The largest absolute Gasteiger partial charge is 0.354 e. The number of nitriles is 1. The van der Waals surface area contributed by atoms with Crippen molar-refractivity contribution in [1.29, 1.82) is 5.26 Å². The molecule has 1 saturated carbocycles. The molecule has 0 bridgehead atoms. The summed E-state index contributed by atoms with van der Waals surface area (Å²) in [4.78, 5) is 21.6. The Morgan fingerprint density at radius 1 is 1.23 bits per heavy atom. The molecule has 7 nitrogen and oxygen atoms in total. The van der Waals surface area contributed by atoms with Gasteiger partial charge in [0, 0.05) is 44.1 Å². The molecule has 0 spiro atoms. The van der Waals surface area contributed by atoms with E-state index >= 15 is 0 Å². The van der Waals surface area contributed by atoms with Crippen molar-refractivity contribution in [1.82, 2.24) is 14.5 Å². The summed E-state index contributed by atoms with van der Waals surface area (Å²) in [7, 11) is 0. The van der Waals surface area contributed by atoms with E-state index in [1.54, 1.807) is 6.20 Å². The van der Waals surface area contributed by atoms with Crippen LogP contribution in [0.3, 0.4) is 0 Å². The van der Waals surface area contributed by atoms with Crippen LogP contribution in [0.25, 0.3) is 0 Å². The van der Waals surface area contributed by atoms with Crippen molar-refractivity contribution in [2.75, 3.05) is 42.9 Å². The molecule has 0 radical (unpaired) electrons. The second-order valence-corrected chi connectivity index (χ2v) is 8.94. The van der Waals surface area contributed by atoms with Crippen molar-refractivity contribution < 1.29 is 4.79 Å². The van der Waals surface area contributed by atoms with E-state index in [1.807, 2.05) is 26.0 Å². The van der Waals surface area contributed by atoms with Crippen LogP contribution in [0.15, 0.2) is 18.3 Å². The Morgan fingerprint density at radius 3 is 2.55 bits per heavy atom. The van der Waals surface area contributed by atoms with Crippen molar-refractivity contribution in [2.45, 2.75) is 45.6 Å². The molecule has 1 aliphatic carbocycles. The number of rotatable bonds is 5. The Bertz CT molecular complexity index is 979. The SMILES string of the molecule is Cc1c(C#N)c(NC(=O)CN2CCN(c3ccc(Cl)cn3)CC2)n(C2CCCC2)c1C. The summed E-state index contributed by atoms with van der Waals surface area (Å²) in [6, 6.07) is 6.45. The Labute approximate surface area is 188 Å². The van der Waals surface area contributed by atoms with E-state index in [4.69, 9.17) is 11.6 Å². The van der Waals surface area contributed by atoms with Crippen molar-refractivity contribution in [2.24, 2.45) is 0 Å². The smallest absolute Gasteiger partial charge is 0.239 e. The molecule has 4 rings (SSSR count). The van der Waals surface area contributed by atoms with E-state index in [9.17, 15) is 10.1 Å². The predicted octanol–water partition coefficient (Wildman–Crippen LogP) is 3.90. The molecule has 8 heteroatoms. The molecule has 1 aliphatic heterocycles. The first-order valence-electron chi connectivity index (χ1n) is 11.0. The highest BCUT2D eigenvalue weighted by Gasteiger charge is 2.27. The van der Waals surface area contributed by atoms with Crippen LogP contribution in [0.4, 0.5) is 11.6 Å². The average Bonchev–Trinajstić information content (AvgIpc) is 3.36. The molecule has 1 saturated heterocycles. The third kappa shape index (κ3) is 4.56. The minimum atomic E-state index is -0.0636. The zero-order valence-corrected chi connectivity index (χ0v) is 19.0. The summed E-state index contributed by atoms with van der Waals surface area (Å²) in [6.45, 7) is 7.52. The number of hydrogen-bond acceptors (Lipinski definition) is 5. The molecule has 164 valence electrons. The summed E-state index contributed by atoms with van der Waals surface area (Å²) in [5, 5.41) is 13.4. The highest BCUT2D eigenvalue weighted by Crippen LogP contribution is 2.37. The predicted molar refractivity (Wildman–Crippen MR) is 123 cm³/mol. The fraction of sp³-hybridized carbons (Fsp3) is 0.522. The van der Waals surface area contributed by atoms with Gasteiger partial charge in [-0.05, 0) is 44.4 Å². The molecule has 2 fully saturated rings. The molecule has 3 heterocycles. The zero-order valence-electron chi connectivity index (χ0n) is 18.2. The standard InChI is InChI=1S/C23H29ClN6O/c1-16-17(2)30(19-5-3-4-6-19)23(20(16)13-25)27-22(31)15-28-9-11-29(12-10-28)21-8-7-18(24)14-26-21/h7-8,14,19H,3-6,9-12,15H2,1-2H3,(H,27,31). The van der Waals surface area contributed by atoms with Gasteiger partial charge in [0.2, 0.25) is 5.91 Å². The van der Waals surface area contributed by atoms with Crippen LogP contribution in [0.1, 0.15) is 48.5 Å². The molecule has 0 unspecified atom stereocenters. The van der Waals surface area contributed by atoms with Gasteiger partial charge in [-0.25, -0.2) is 4.98 Å². The number of anilines is 2. The van der Waals surface area contributed by atoms with Gasteiger partial charge in [0.1, 0.15) is 17.7 Å². The number of piperazine rings is 1. The van der Waals surface area contributed by atoms with Crippen LogP contribution in [0.2, 0.25) is 5.02 Å². The summed E-state index contributed by atoms with van der Waals surface area (Å²) >= 11 is 5.93. The average molecular weight is 441 g/mol. The van der Waals surface area contributed by atoms with Crippen LogP contribution in [0, 0.1) is 25.2 Å². The number of pyridine rings is 1. The molecule has 2 aliphatic rings. The highest BCUT2D eigenvalue weighted by atomic mass is 35.5. The van der Waals surface area contributed by atoms with E-state index in [2.05, 4.69) is 30.7 Å². The molecule has 2 aromatic rings. The lowest BCUT2D eigenvalue weighted by Crippen LogP contribution is -2.49. The van der Waals surface area contributed by atoms with Gasteiger partial charge in [-0.3, -0.25) is 9.69 Å². The first-order valence-corrected chi connectivity index (χ1v) is 11.4. The number of amides is 1. The van der Waals surface area contributed by atoms with Crippen LogP contribution >= 0.6 is 11.6 Å². The Kier molecular flexibility index (Phi) is 6.49. The van der Waals surface area contributed by atoms with E-state index < -0.39 is 0 Å². The fourth-order valence-electron chi connectivity index (χ4n) is 4.77. The number of aromatic nitrogens is 2. The molecule has 1 N–H and O–H groups in total. The minimum absolute atomic E-state index is 0.0636. The quantitative estimate of drug-likeness (QED) is 0.762. The molecular formula is C23H29ClN6O. The van der Waals surface area contributed by atoms with Gasteiger partial charge in [0.15, 0.2) is 0 Å². The Balaban J connectivity index is 1.40. The lowest BCUT2D eigenvalue weighted by molar-refractivity contribution is -0.117. The molecule has 1 amide bonds. The van der Waals surface area contributed by atoms with Gasteiger partial charge in [-0.2, -0.15) is 5.26 Å². The lowest BCUT2D eigenvalue weighted by atomic mass is 10.2. The van der Waals surface area contributed by atoms with E-state index in [1.165, 1.54) is 12.8 Å². The summed E-state index contributed by atoms with van der Waals surface area (Å²) in [5.41, 5.74) is 2.65. The number of hydrogen-bond donors (Lipinski definition) is 1. The van der Waals surface area contributed by atoms with E-state index in [0.717, 1.165) is 56.1 Å². The maximum Gasteiger partial charge on any atom is 0.239 e. The maximum atomic E-state index is 12.9. The molecule has 31 heavy (non-hydrogen) atoms. The minimum Gasteiger partial charge on any atom is -0.354 e. The van der Waals surface area contributed by atoms with Gasteiger partial charge >= 0.3 is 0 Å². The van der Waals surface area contributed by atoms with Crippen LogP contribution in [-0.2, 0) is 4.79 Å². The number of carbonyl (C=O) groups is 1. The van der Waals surface area contributed by atoms with Gasteiger partial charge in [-0.1, -0.05) is 24.4 Å². The number of nitrogens with one attached hydrogen (secondary N) is 1. The Morgan fingerprint density at radius 2 is 1.94 bits per heavy atom. The van der Waals surface area contributed by atoms with E-state index in [-0.39, 0.29) is 5.91 Å². The Hall–Kier alpha value is -2.56. The second-order valence-electron chi connectivity index (χ2n) is 8.50. The van der Waals surface area contributed by atoms with Gasteiger partial charge in [0.05, 0.1) is 17.1 Å². The van der Waals surface area contributed by atoms with Gasteiger partial charge in [-0.15, -0.1) is 0 Å². The first kappa shape index (κ1) is 21.7. The van der Waals surface area contributed by atoms with E-state index in [0.29, 0.717) is 29.0 Å². The first-order chi connectivity index (χ1) is 15.0. The zero-order chi connectivity index (χ0) is 22.0. The fourth-order valence-corrected chi connectivity index (χ4v) is 4.88. The third-order valence-corrected chi connectivity index (χ3v) is 6.82. The van der Waals surface area contributed by atoms with Crippen LogP contribution < -0.4 is 10.2 Å². The third-order valence-electron chi connectivity index (χ3n) is 6.59. The van der Waals surface area contributed by atoms with Gasteiger partial charge < -0.3 is 14.8 Å². The summed E-state index contributed by atoms with van der Waals surface area (Å²) < 4.78 is 2.20. The normalized spacial score (nSPS) is 17.7. The summed E-state index contributed by atoms with van der Waals surface area (Å²) in [6.07, 6.45) is 6.26. The number of carbonyl (C=O) groups excluding carboxylic acids is 1. The molecule has 0 aromatic carbocycles. The molecular weight excluding hydrogens is 412 g/mol. The lowest BCUT2D eigenvalue weighted by Gasteiger charge is -2.35. The number of nitrogens with zero attached hydrogens (tertiary/aromatic N) is 5. The highest BCUT2D eigenvalue weighted by molar-refractivity contribution is 6.30. The second kappa shape index (κ2) is 9.29. The van der Waals surface area contributed by atoms with Crippen LogP contribution in [0.5, 0.6) is 0 Å². The van der Waals surface area contributed by atoms with Crippen molar-refractivity contribution in [3.05, 3.63) is 40.2 Å².